The van der Waals surface area contributed by atoms with Crippen LogP contribution in [0.3, 0.4) is 0 Å². The minimum atomic E-state index is -0.522. The van der Waals surface area contributed by atoms with E-state index in [0.29, 0.717) is 29.2 Å². The van der Waals surface area contributed by atoms with Crippen molar-refractivity contribution in [2.45, 2.75) is 19.8 Å². The maximum atomic E-state index is 12.5. The predicted octanol–water partition coefficient (Wildman–Crippen LogP) is 0.966. The SMILES string of the molecule is CCCc1c(C(=O)N/N=C/c2ccc(OC)c(OC)c2)nnn1-c1nonc1N. The molecule has 12 heteroatoms. The molecule has 29 heavy (non-hydrogen) atoms. The molecule has 0 aliphatic rings. The average Bonchev–Trinajstić information content (AvgIpc) is 3.33. The number of carbonyl (C=O) groups is 1. The van der Waals surface area contributed by atoms with E-state index in [0.717, 1.165) is 6.42 Å². The van der Waals surface area contributed by atoms with Gasteiger partial charge in [-0.3, -0.25) is 4.79 Å². The number of nitrogen functional groups attached to an aromatic ring is 1. The summed E-state index contributed by atoms with van der Waals surface area (Å²) in [5.74, 6) is 0.844. The van der Waals surface area contributed by atoms with Crippen molar-refractivity contribution < 1.29 is 18.9 Å². The number of anilines is 1. The summed E-state index contributed by atoms with van der Waals surface area (Å²) >= 11 is 0. The molecule has 0 bridgehead atoms. The molecule has 1 amide bonds. The van der Waals surface area contributed by atoms with Gasteiger partial charge < -0.3 is 15.2 Å². The summed E-state index contributed by atoms with van der Waals surface area (Å²) in [5, 5.41) is 19.1. The molecule has 0 fully saturated rings. The van der Waals surface area contributed by atoms with E-state index in [1.165, 1.54) is 18.0 Å². The number of aromatic nitrogens is 5. The van der Waals surface area contributed by atoms with Crippen LogP contribution in [0.1, 0.15) is 35.1 Å². The minimum Gasteiger partial charge on any atom is -0.493 e. The molecule has 3 aromatic rings. The second-order valence-corrected chi connectivity index (χ2v) is 5.83. The van der Waals surface area contributed by atoms with E-state index < -0.39 is 5.91 Å². The van der Waals surface area contributed by atoms with E-state index in [9.17, 15) is 4.79 Å². The van der Waals surface area contributed by atoms with Crippen LogP contribution in [0.25, 0.3) is 5.82 Å². The second-order valence-electron chi connectivity index (χ2n) is 5.83. The fourth-order valence-electron chi connectivity index (χ4n) is 2.60. The normalized spacial score (nSPS) is 11.0. The number of nitrogens with zero attached hydrogens (tertiary/aromatic N) is 6. The van der Waals surface area contributed by atoms with Gasteiger partial charge in [0, 0.05) is 0 Å². The maximum absolute atomic E-state index is 12.5. The number of rotatable bonds is 8. The standard InChI is InChI=1S/C17H20N8O4/c1-4-5-11-14(20-24-25(11)16-15(18)22-29-23-16)17(26)21-19-9-10-6-7-12(27-2)13(8-10)28-3/h6-9H,4-5H2,1-3H3,(H2,18,22)(H,21,26)/b19-9+. The van der Waals surface area contributed by atoms with E-state index in [1.807, 2.05) is 6.92 Å². The van der Waals surface area contributed by atoms with Crippen molar-refractivity contribution in [3.63, 3.8) is 0 Å². The molecule has 0 aliphatic carbocycles. The van der Waals surface area contributed by atoms with Crippen LogP contribution in [0.4, 0.5) is 5.82 Å². The van der Waals surface area contributed by atoms with Gasteiger partial charge in [0.25, 0.3) is 5.91 Å². The van der Waals surface area contributed by atoms with Crippen LogP contribution in [-0.4, -0.2) is 51.6 Å². The molecule has 0 unspecified atom stereocenters. The van der Waals surface area contributed by atoms with Gasteiger partial charge in [-0.05, 0) is 40.5 Å². The minimum absolute atomic E-state index is 0.0469. The average molecular weight is 400 g/mol. The molecule has 2 heterocycles. The lowest BCUT2D eigenvalue weighted by Crippen LogP contribution is -2.20. The van der Waals surface area contributed by atoms with Crippen LogP contribution in [0.2, 0.25) is 0 Å². The van der Waals surface area contributed by atoms with Gasteiger partial charge in [-0.25, -0.2) is 10.1 Å². The lowest BCUT2D eigenvalue weighted by molar-refractivity contribution is 0.0949. The van der Waals surface area contributed by atoms with E-state index >= 15 is 0 Å². The molecular formula is C17H20N8O4. The summed E-state index contributed by atoms with van der Waals surface area (Å²) in [6.07, 6.45) is 2.73. The van der Waals surface area contributed by atoms with Crippen molar-refractivity contribution in [3.05, 3.63) is 35.2 Å². The Labute approximate surface area is 165 Å². The Morgan fingerprint density at radius 3 is 2.76 bits per heavy atom. The molecule has 0 radical (unpaired) electrons. The van der Waals surface area contributed by atoms with Crippen molar-refractivity contribution in [2.75, 3.05) is 20.0 Å². The van der Waals surface area contributed by atoms with Crippen molar-refractivity contribution >= 4 is 17.9 Å². The van der Waals surface area contributed by atoms with Gasteiger partial charge in [0.05, 0.1) is 26.1 Å². The first-order valence-electron chi connectivity index (χ1n) is 8.67. The number of benzene rings is 1. The number of ether oxygens (including phenoxy) is 2. The highest BCUT2D eigenvalue weighted by molar-refractivity contribution is 5.94. The Bertz CT molecular complexity index is 1030. The van der Waals surface area contributed by atoms with Crippen LogP contribution in [-0.2, 0) is 6.42 Å². The zero-order valence-corrected chi connectivity index (χ0v) is 16.1. The molecule has 3 N–H and O–H groups in total. The molecule has 0 atom stereocenters. The van der Waals surface area contributed by atoms with Gasteiger partial charge in [0.15, 0.2) is 17.2 Å². The Morgan fingerprint density at radius 1 is 1.31 bits per heavy atom. The zero-order chi connectivity index (χ0) is 20.8. The summed E-state index contributed by atoms with van der Waals surface area (Å²) in [4.78, 5) is 12.5. The van der Waals surface area contributed by atoms with Gasteiger partial charge in [-0.2, -0.15) is 9.78 Å². The summed E-state index contributed by atoms with van der Waals surface area (Å²) < 4.78 is 16.4. The van der Waals surface area contributed by atoms with E-state index in [1.54, 1.807) is 25.3 Å². The van der Waals surface area contributed by atoms with Crippen LogP contribution in [0.15, 0.2) is 27.9 Å². The van der Waals surface area contributed by atoms with Crippen LogP contribution in [0.5, 0.6) is 11.5 Å². The first kappa shape index (κ1) is 19.8. The van der Waals surface area contributed by atoms with Gasteiger partial charge in [0.2, 0.25) is 11.6 Å². The van der Waals surface area contributed by atoms with Crippen molar-refractivity contribution in [3.8, 4) is 17.3 Å². The molecule has 152 valence electrons. The van der Waals surface area contributed by atoms with Crippen molar-refractivity contribution in [1.29, 1.82) is 0 Å². The number of nitrogens with one attached hydrogen (secondary N) is 1. The number of methoxy groups -OCH3 is 2. The van der Waals surface area contributed by atoms with E-state index in [2.05, 4.69) is 35.8 Å². The lowest BCUT2D eigenvalue weighted by Gasteiger charge is -2.07. The topological polar surface area (TPSA) is 156 Å². The highest BCUT2D eigenvalue weighted by Gasteiger charge is 2.23. The largest absolute Gasteiger partial charge is 0.493 e. The van der Waals surface area contributed by atoms with Crippen LogP contribution >= 0.6 is 0 Å². The lowest BCUT2D eigenvalue weighted by atomic mass is 10.2. The van der Waals surface area contributed by atoms with Crippen molar-refractivity contribution in [2.24, 2.45) is 5.10 Å². The second kappa shape index (κ2) is 8.82. The number of nitrogens with two attached hydrogens (primary N) is 1. The zero-order valence-electron chi connectivity index (χ0n) is 16.1. The molecule has 0 saturated carbocycles. The highest BCUT2D eigenvalue weighted by Crippen LogP contribution is 2.26. The van der Waals surface area contributed by atoms with Gasteiger partial charge >= 0.3 is 0 Å². The fourth-order valence-corrected chi connectivity index (χ4v) is 2.60. The first-order valence-corrected chi connectivity index (χ1v) is 8.67. The number of amides is 1. The Morgan fingerprint density at radius 2 is 2.10 bits per heavy atom. The van der Waals surface area contributed by atoms with Crippen LogP contribution in [0, 0.1) is 0 Å². The maximum Gasteiger partial charge on any atom is 0.293 e. The van der Waals surface area contributed by atoms with E-state index in [4.69, 9.17) is 15.2 Å². The quantitative estimate of drug-likeness (QED) is 0.415. The third-order valence-corrected chi connectivity index (χ3v) is 3.95. The fraction of sp³-hybridized carbons (Fsp3) is 0.294. The summed E-state index contributed by atoms with van der Waals surface area (Å²) in [5.41, 5.74) is 9.49. The monoisotopic (exact) mass is 400 g/mol. The third kappa shape index (κ3) is 4.15. The third-order valence-electron chi connectivity index (χ3n) is 3.95. The molecule has 1 aromatic carbocycles. The summed E-state index contributed by atoms with van der Waals surface area (Å²) in [6.45, 7) is 1.96. The molecule has 2 aromatic heterocycles. The number of hydrogen-bond acceptors (Lipinski definition) is 10. The molecule has 0 spiro atoms. The summed E-state index contributed by atoms with van der Waals surface area (Å²) in [6, 6.07) is 5.24. The van der Waals surface area contributed by atoms with Crippen molar-refractivity contribution in [1.82, 2.24) is 30.7 Å². The Balaban J connectivity index is 1.78. The Kier molecular flexibility index (Phi) is 6.02. The summed E-state index contributed by atoms with van der Waals surface area (Å²) in [7, 11) is 3.09. The number of hydrogen-bond donors (Lipinski definition) is 2. The molecular weight excluding hydrogens is 380 g/mol. The molecule has 12 nitrogen and oxygen atoms in total. The highest BCUT2D eigenvalue weighted by atomic mass is 16.6. The van der Waals surface area contributed by atoms with E-state index in [-0.39, 0.29) is 17.3 Å². The number of hydrazone groups is 1. The van der Waals surface area contributed by atoms with Gasteiger partial charge in [0.1, 0.15) is 0 Å². The number of carbonyl (C=O) groups excluding carboxylic acids is 1. The smallest absolute Gasteiger partial charge is 0.293 e. The Hall–Kier alpha value is -3.96. The molecule has 3 rings (SSSR count). The van der Waals surface area contributed by atoms with Crippen LogP contribution < -0.4 is 20.6 Å². The van der Waals surface area contributed by atoms with Gasteiger partial charge in [-0.15, -0.1) is 5.10 Å². The molecule has 0 saturated heterocycles. The predicted molar refractivity (Wildman–Crippen MR) is 102 cm³/mol. The molecule has 0 aliphatic heterocycles. The first-order chi connectivity index (χ1) is 14.1. The van der Waals surface area contributed by atoms with Gasteiger partial charge in [-0.1, -0.05) is 18.6 Å².